The largest absolute Gasteiger partial charge is 0.314 e. The van der Waals surface area contributed by atoms with Gasteiger partial charge in [0.2, 0.25) is 0 Å². The Morgan fingerprint density at radius 1 is 0.789 bits per heavy atom. The van der Waals surface area contributed by atoms with Crippen molar-refractivity contribution < 1.29 is 0 Å². The van der Waals surface area contributed by atoms with Crippen LogP contribution in [0.1, 0.15) is 44.4 Å². The number of thiophene rings is 1. The predicted molar refractivity (Wildman–Crippen MR) is 246 cm³/mol. The van der Waals surface area contributed by atoms with Crippen LogP contribution in [0.4, 0.5) is 17.1 Å². The maximum Gasteiger partial charge on any atom is 0.0544 e. The Labute approximate surface area is 340 Å². The molecule has 278 valence electrons. The molecule has 9 rings (SSSR count). The molecule has 5 aromatic carbocycles. The zero-order valence-electron chi connectivity index (χ0n) is 33.0. The molecule has 3 heteroatoms. The van der Waals surface area contributed by atoms with E-state index in [0.717, 1.165) is 22.8 Å². The molecule has 1 aromatic heterocycles. The summed E-state index contributed by atoms with van der Waals surface area (Å²) in [4.78, 5) is 4.83. The smallest absolute Gasteiger partial charge is 0.0544 e. The zero-order valence-corrected chi connectivity index (χ0v) is 33.8. The van der Waals surface area contributed by atoms with Gasteiger partial charge in [0, 0.05) is 50.4 Å². The van der Waals surface area contributed by atoms with E-state index in [1.165, 1.54) is 65.3 Å². The Morgan fingerprint density at radius 3 is 2.37 bits per heavy atom. The number of fused-ring (bicyclic) bond motifs is 4. The van der Waals surface area contributed by atoms with Gasteiger partial charge < -0.3 is 9.80 Å². The third kappa shape index (κ3) is 6.48. The van der Waals surface area contributed by atoms with Crippen LogP contribution < -0.4 is 19.6 Å². The number of nitrogens with zero attached hydrogens (tertiary/aromatic N) is 2. The van der Waals surface area contributed by atoms with Gasteiger partial charge in [-0.25, -0.2) is 0 Å². The van der Waals surface area contributed by atoms with E-state index in [9.17, 15) is 0 Å². The van der Waals surface area contributed by atoms with Crippen molar-refractivity contribution in [3.05, 3.63) is 237 Å². The number of allylic oxidation sites excluding steroid dienone is 12. The van der Waals surface area contributed by atoms with Crippen LogP contribution in [0.5, 0.6) is 0 Å². The Bertz CT molecular complexity index is 2850. The van der Waals surface area contributed by atoms with Crippen LogP contribution in [0.25, 0.3) is 27.6 Å². The first-order chi connectivity index (χ1) is 27.8. The minimum atomic E-state index is -0.170. The molecule has 6 aromatic rings. The number of benzene rings is 5. The Balaban J connectivity index is 1.21. The highest BCUT2D eigenvalue weighted by Crippen LogP contribution is 2.48. The molecule has 1 unspecified atom stereocenters. The third-order valence-electron chi connectivity index (χ3n) is 11.7. The first-order valence-corrected chi connectivity index (χ1v) is 20.6. The summed E-state index contributed by atoms with van der Waals surface area (Å²) in [7, 11) is 0. The number of anilines is 3. The fraction of sp³-hybridized carbons (Fsp3) is 0.111. The van der Waals surface area contributed by atoms with Crippen molar-refractivity contribution >= 4 is 56.0 Å². The van der Waals surface area contributed by atoms with Gasteiger partial charge >= 0.3 is 0 Å². The lowest BCUT2D eigenvalue weighted by atomic mass is 9.80. The Kier molecular flexibility index (Phi) is 9.48. The molecule has 1 atom stereocenters. The van der Waals surface area contributed by atoms with Crippen molar-refractivity contribution in [1.82, 2.24) is 0 Å². The van der Waals surface area contributed by atoms with Crippen LogP contribution in [-0.4, -0.2) is 0 Å². The average molecular weight is 755 g/mol. The van der Waals surface area contributed by atoms with Crippen LogP contribution in [-0.2, 0) is 5.41 Å². The second kappa shape index (κ2) is 14.9. The van der Waals surface area contributed by atoms with E-state index < -0.39 is 0 Å². The van der Waals surface area contributed by atoms with Crippen LogP contribution in [0.2, 0.25) is 0 Å². The number of hydrogen-bond donors (Lipinski definition) is 0. The van der Waals surface area contributed by atoms with Gasteiger partial charge in [-0.1, -0.05) is 148 Å². The summed E-state index contributed by atoms with van der Waals surface area (Å²) in [6.45, 7) is 13.4. The SMILES string of the molecule is C=CC1=C(/C=C(\C)N(c2ccc(C3=c4\ccs\c4=C(\C)N(c4ccccc4)C4=CC(C=CC=C4)\C=C\3)cc2)c2cccc3ccccc23)C(C)(C)c2ccccc21. The molecule has 0 N–H and O–H groups in total. The first-order valence-electron chi connectivity index (χ1n) is 19.8. The molecule has 2 bridgehead atoms. The van der Waals surface area contributed by atoms with E-state index in [4.69, 9.17) is 0 Å². The van der Waals surface area contributed by atoms with Crippen molar-refractivity contribution in [2.75, 3.05) is 9.80 Å². The lowest BCUT2D eigenvalue weighted by Gasteiger charge is -2.30. The fourth-order valence-electron chi connectivity index (χ4n) is 8.86. The first kappa shape index (κ1) is 36.2. The summed E-state index contributed by atoms with van der Waals surface area (Å²) < 4.78 is 1.26. The van der Waals surface area contributed by atoms with Crippen molar-refractivity contribution in [3.8, 4) is 0 Å². The maximum absolute atomic E-state index is 4.28. The molecule has 2 heterocycles. The molecular weight excluding hydrogens is 709 g/mol. The van der Waals surface area contributed by atoms with Gasteiger partial charge in [0.25, 0.3) is 0 Å². The fourth-order valence-corrected chi connectivity index (χ4v) is 9.76. The number of hydrogen-bond acceptors (Lipinski definition) is 3. The normalized spacial score (nSPS) is 19.8. The predicted octanol–water partition coefficient (Wildman–Crippen LogP) is 12.9. The highest BCUT2D eigenvalue weighted by molar-refractivity contribution is 7.07. The molecule has 0 saturated carbocycles. The summed E-state index contributed by atoms with van der Waals surface area (Å²) in [6, 6.07) is 46.2. The lowest BCUT2D eigenvalue weighted by Crippen LogP contribution is -2.31. The molecule has 1 aliphatic heterocycles. The summed E-state index contributed by atoms with van der Waals surface area (Å²) in [5.74, 6) is 0.138. The molecule has 0 fully saturated rings. The monoisotopic (exact) mass is 754 g/mol. The van der Waals surface area contributed by atoms with Gasteiger partial charge in [0.05, 0.1) is 10.2 Å². The molecular formula is C54H46N2S. The van der Waals surface area contributed by atoms with Crippen LogP contribution in [0, 0.1) is 5.92 Å². The van der Waals surface area contributed by atoms with Crippen molar-refractivity contribution in [1.29, 1.82) is 0 Å². The molecule has 0 spiro atoms. The third-order valence-corrected chi connectivity index (χ3v) is 12.7. The van der Waals surface area contributed by atoms with Gasteiger partial charge in [-0.2, -0.15) is 0 Å². The van der Waals surface area contributed by atoms with E-state index >= 15 is 0 Å². The second-order valence-electron chi connectivity index (χ2n) is 15.5. The molecule has 2 nitrogen and oxygen atoms in total. The maximum atomic E-state index is 4.28. The van der Waals surface area contributed by atoms with Gasteiger partial charge in [0.15, 0.2) is 0 Å². The topological polar surface area (TPSA) is 6.48 Å². The molecule has 2 aliphatic carbocycles. The number of rotatable bonds is 7. The van der Waals surface area contributed by atoms with E-state index in [1.54, 1.807) is 11.3 Å². The quantitative estimate of drug-likeness (QED) is 0.160. The molecule has 0 radical (unpaired) electrons. The van der Waals surface area contributed by atoms with Crippen LogP contribution in [0.15, 0.2) is 211 Å². The van der Waals surface area contributed by atoms with Crippen molar-refractivity contribution in [2.24, 2.45) is 5.92 Å². The molecule has 0 saturated heterocycles. The zero-order chi connectivity index (χ0) is 39.1. The minimum Gasteiger partial charge on any atom is -0.314 e. The van der Waals surface area contributed by atoms with E-state index in [-0.39, 0.29) is 11.3 Å². The van der Waals surface area contributed by atoms with Gasteiger partial charge in [-0.15, -0.1) is 11.3 Å². The average Bonchev–Trinajstić information content (AvgIpc) is 3.71. The summed E-state index contributed by atoms with van der Waals surface area (Å²) >= 11 is 1.80. The second-order valence-corrected chi connectivity index (χ2v) is 16.4. The summed E-state index contributed by atoms with van der Waals surface area (Å²) in [6.07, 6.45) is 20.2. The molecule has 3 aliphatic rings. The Morgan fingerprint density at radius 2 is 1.54 bits per heavy atom. The Hall–Kier alpha value is -6.42. The van der Waals surface area contributed by atoms with Gasteiger partial charge in [-0.3, -0.25) is 0 Å². The van der Waals surface area contributed by atoms with Crippen molar-refractivity contribution in [3.63, 3.8) is 0 Å². The lowest BCUT2D eigenvalue weighted by molar-refractivity contribution is 0.653. The number of para-hydroxylation sites is 1. The van der Waals surface area contributed by atoms with Gasteiger partial charge in [-0.05, 0) is 113 Å². The standard InChI is InChI=1S/C54H46N2S/c1-6-45-48-24-14-15-25-50(48)54(4,5)51(45)35-37(2)55(52-26-16-19-40-18-11-13-23-47(40)52)43-30-28-41(29-31-43)46-32-27-39-17-10-12-22-44(36-39)56(42-20-8-7-9-21-42)38(3)53-49(46)33-34-57-53/h6-36,39H,1H2,2-5H3/b32-27+,37-35+,49-46+,53-38-. The summed E-state index contributed by atoms with van der Waals surface area (Å²) in [5, 5.41) is 5.89. The van der Waals surface area contributed by atoms with E-state index in [2.05, 4.69) is 225 Å². The molecule has 57 heavy (non-hydrogen) atoms. The van der Waals surface area contributed by atoms with Crippen LogP contribution >= 0.6 is 11.3 Å². The van der Waals surface area contributed by atoms with E-state index in [1.807, 2.05) is 6.08 Å². The molecule has 0 amide bonds. The van der Waals surface area contributed by atoms with Gasteiger partial charge in [0.1, 0.15) is 0 Å². The minimum absolute atomic E-state index is 0.138. The van der Waals surface area contributed by atoms with E-state index in [0.29, 0.717) is 0 Å². The summed E-state index contributed by atoms with van der Waals surface area (Å²) in [5.41, 5.74) is 14.2. The van der Waals surface area contributed by atoms with Crippen LogP contribution in [0.3, 0.4) is 0 Å². The highest BCUT2D eigenvalue weighted by Gasteiger charge is 2.36. The highest BCUT2D eigenvalue weighted by atomic mass is 32.1. The van der Waals surface area contributed by atoms with Crippen molar-refractivity contribution in [2.45, 2.75) is 33.1 Å².